The highest BCUT2D eigenvalue weighted by Crippen LogP contribution is 2.25. The fourth-order valence-corrected chi connectivity index (χ4v) is 2.16. The molecule has 7 nitrogen and oxygen atoms in total. The summed E-state index contributed by atoms with van der Waals surface area (Å²) >= 11 is 0. The Hall–Kier alpha value is -2.13. The molecule has 1 aromatic carbocycles. The predicted molar refractivity (Wildman–Crippen MR) is 97.2 cm³/mol. The number of benzene rings is 1. The molecule has 26 heavy (non-hydrogen) atoms. The summed E-state index contributed by atoms with van der Waals surface area (Å²) in [6.45, 7) is 0.371. The van der Waals surface area contributed by atoms with E-state index < -0.39 is 6.61 Å². The van der Waals surface area contributed by atoms with Gasteiger partial charge < -0.3 is 29.7 Å². The number of methoxy groups -OCH3 is 2. The molecule has 0 fully saturated rings. The van der Waals surface area contributed by atoms with Crippen LogP contribution in [0.1, 0.15) is 5.56 Å². The third kappa shape index (κ3) is 8.30. The quantitative estimate of drug-likeness (QED) is 0.452. The van der Waals surface area contributed by atoms with Crippen molar-refractivity contribution in [2.24, 2.45) is 4.99 Å². The van der Waals surface area contributed by atoms with Crippen LogP contribution in [-0.4, -0.2) is 72.0 Å². The molecule has 1 aromatic rings. The minimum Gasteiger partial charge on any atom is -0.497 e. The zero-order valence-electron chi connectivity index (χ0n) is 15.7. The van der Waals surface area contributed by atoms with Crippen LogP contribution in [0.5, 0.6) is 11.5 Å². The van der Waals surface area contributed by atoms with Crippen molar-refractivity contribution in [3.05, 3.63) is 23.8 Å². The number of nitrogens with zero attached hydrogens (tertiary/aromatic N) is 2. The number of aliphatic imine (C=N–C) groups is 1. The second-order valence-corrected chi connectivity index (χ2v) is 5.50. The van der Waals surface area contributed by atoms with Gasteiger partial charge in [-0.25, -0.2) is 0 Å². The lowest BCUT2D eigenvalue weighted by Gasteiger charge is -2.18. The third-order valence-corrected chi connectivity index (χ3v) is 3.62. The highest BCUT2D eigenvalue weighted by molar-refractivity contribution is 5.79. The number of hydrogen-bond acceptors (Lipinski definition) is 5. The molecule has 0 radical (unpaired) electrons. The number of likely N-dealkylation sites (N-methyl/N-ethyl adjacent to an activating group) is 1. The molecule has 0 bridgehead atoms. The van der Waals surface area contributed by atoms with Crippen molar-refractivity contribution in [1.29, 1.82) is 0 Å². The van der Waals surface area contributed by atoms with E-state index in [1.165, 1.54) is 13.2 Å². The van der Waals surface area contributed by atoms with E-state index in [9.17, 15) is 8.78 Å². The first kappa shape index (κ1) is 21.9. The van der Waals surface area contributed by atoms with Gasteiger partial charge in [0.25, 0.3) is 0 Å². The van der Waals surface area contributed by atoms with E-state index in [1.807, 2.05) is 7.05 Å². The summed E-state index contributed by atoms with van der Waals surface area (Å²) in [5.41, 5.74) is 0.546. The van der Waals surface area contributed by atoms with Gasteiger partial charge in [-0.2, -0.15) is 8.78 Å². The molecule has 0 aliphatic rings. The average molecular weight is 374 g/mol. The third-order valence-electron chi connectivity index (χ3n) is 3.62. The van der Waals surface area contributed by atoms with Gasteiger partial charge >= 0.3 is 6.61 Å². The monoisotopic (exact) mass is 374 g/mol. The van der Waals surface area contributed by atoms with Gasteiger partial charge in [0.15, 0.2) is 5.96 Å². The first-order valence-corrected chi connectivity index (χ1v) is 8.23. The van der Waals surface area contributed by atoms with E-state index in [0.717, 1.165) is 13.1 Å². The van der Waals surface area contributed by atoms with Crippen LogP contribution in [0.4, 0.5) is 8.78 Å². The van der Waals surface area contributed by atoms with Crippen LogP contribution in [-0.2, 0) is 11.3 Å². The molecule has 148 valence electrons. The average Bonchev–Trinajstić information content (AvgIpc) is 2.63. The Morgan fingerprint density at radius 3 is 2.62 bits per heavy atom. The Balaban J connectivity index is 2.56. The fourth-order valence-electron chi connectivity index (χ4n) is 2.16. The lowest BCUT2D eigenvalue weighted by atomic mass is 10.2. The second kappa shape index (κ2) is 12.3. The molecule has 2 N–H and O–H groups in total. The topological polar surface area (TPSA) is 67.4 Å². The summed E-state index contributed by atoms with van der Waals surface area (Å²) in [5, 5.41) is 6.25. The highest BCUT2D eigenvalue weighted by Gasteiger charge is 2.11. The molecule has 0 aliphatic carbocycles. The van der Waals surface area contributed by atoms with Gasteiger partial charge in [-0.1, -0.05) is 0 Å². The minimum atomic E-state index is -2.89. The maximum atomic E-state index is 12.6. The number of rotatable bonds is 11. The van der Waals surface area contributed by atoms with Gasteiger partial charge in [-0.3, -0.25) is 4.99 Å². The highest BCUT2D eigenvalue weighted by atomic mass is 19.3. The zero-order valence-corrected chi connectivity index (χ0v) is 15.7. The SMILES string of the molecule is CN=C(NCCN(C)CCOC)NCc1cc(OC)ccc1OC(F)F. The maximum absolute atomic E-state index is 12.6. The second-order valence-electron chi connectivity index (χ2n) is 5.50. The van der Waals surface area contributed by atoms with Crippen molar-refractivity contribution < 1.29 is 23.0 Å². The number of halogens is 2. The molecule has 0 unspecified atom stereocenters. The van der Waals surface area contributed by atoms with Crippen molar-refractivity contribution in [2.45, 2.75) is 13.2 Å². The molecule has 0 spiro atoms. The van der Waals surface area contributed by atoms with Crippen molar-refractivity contribution in [1.82, 2.24) is 15.5 Å². The van der Waals surface area contributed by atoms with Gasteiger partial charge in [0.05, 0.1) is 13.7 Å². The predicted octanol–water partition coefficient (Wildman–Crippen LogP) is 1.54. The fraction of sp³-hybridized carbons (Fsp3) is 0.588. The smallest absolute Gasteiger partial charge is 0.387 e. The van der Waals surface area contributed by atoms with Crippen molar-refractivity contribution in [2.75, 3.05) is 54.6 Å². The molecule has 9 heteroatoms. The molecule has 0 atom stereocenters. The summed E-state index contributed by atoms with van der Waals surface area (Å²) < 4.78 is 39.8. The maximum Gasteiger partial charge on any atom is 0.387 e. The number of guanidine groups is 1. The summed E-state index contributed by atoms with van der Waals surface area (Å²) in [5.74, 6) is 1.23. The largest absolute Gasteiger partial charge is 0.497 e. The molecule has 0 heterocycles. The van der Waals surface area contributed by atoms with Crippen LogP contribution >= 0.6 is 0 Å². The van der Waals surface area contributed by atoms with Crippen molar-refractivity contribution in [3.8, 4) is 11.5 Å². The Bertz CT molecular complexity index is 559. The molecule has 0 saturated carbocycles. The standard InChI is InChI=1S/C17H28F2N4O3/c1-20-17(21-7-8-23(2)9-10-24-3)22-12-13-11-14(25-4)5-6-15(13)26-16(18)19/h5-6,11,16H,7-10,12H2,1-4H3,(H2,20,21,22). The zero-order chi connectivity index (χ0) is 19.4. The van der Waals surface area contributed by atoms with Gasteiger partial charge in [-0.05, 0) is 25.2 Å². The van der Waals surface area contributed by atoms with Crippen LogP contribution in [0.25, 0.3) is 0 Å². The molecule has 0 aromatic heterocycles. The van der Waals surface area contributed by atoms with Crippen LogP contribution < -0.4 is 20.1 Å². The van der Waals surface area contributed by atoms with Crippen LogP contribution in [0, 0.1) is 0 Å². The Morgan fingerprint density at radius 1 is 1.23 bits per heavy atom. The van der Waals surface area contributed by atoms with E-state index in [2.05, 4.69) is 25.3 Å². The Morgan fingerprint density at radius 2 is 2.00 bits per heavy atom. The number of nitrogens with one attached hydrogen (secondary N) is 2. The van der Waals surface area contributed by atoms with Gasteiger partial charge in [-0.15, -0.1) is 0 Å². The van der Waals surface area contributed by atoms with E-state index in [0.29, 0.717) is 30.4 Å². The van der Waals surface area contributed by atoms with E-state index in [1.54, 1.807) is 26.3 Å². The summed E-state index contributed by atoms with van der Waals surface area (Å²) in [7, 11) is 6.83. The minimum absolute atomic E-state index is 0.100. The van der Waals surface area contributed by atoms with E-state index in [-0.39, 0.29) is 12.3 Å². The summed E-state index contributed by atoms with van der Waals surface area (Å²) in [6.07, 6.45) is 0. The normalized spacial score (nSPS) is 11.8. The number of alkyl halides is 2. The van der Waals surface area contributed by atoms with Crippen LogP contribution in [0.15, 0.2) is 23.2 Å². The number of ether oxygens (including phenoxy) is 3. The summed E-state index contributed by atoms with van der Waals surface area (Å²) in [6, 6.07) is 4.68. The first-order chi connectivity index (χ1) is 12.5. The van der Waals surface area contributed by atoms with Crippen LogP contribution in [0.2, 0.25) is 0 Å². The van der Waals surface area contributed by atoms with Gasteiger partial charge in [0.2, 0.25) is 0 Å². The molecular weight excluding hydrogens is 346 g/mol. The molecular formula is C17H28F2N4O3. The van der Waals surface area contributed by atoms with E-state index in [4.69, 9.17) is 9.47 Å². The van der Waals surface area contributed by atoms with Crippen molar-refractivity contribution >= 4 is 5.96 Å². The first-order valence-electron chi connectivity index (χ1n) is 8.23. The number of hydrogen-bond donors (Lipinski definition) is 2. The van der Waals surface area contributed by atoms with Crippen molar-refractivity contribution in [3.63, 3.8) is 0 Å². The van der Waals surface area contributed by atoms with Gasteiger partial charge in [0, 0.05) is 45.9 Å². The summed E-state index contributed by atoms with van der Waals surface area (Å²) in [4.78, 5) is 6.25. The molecule has 0 aliphatic heterocycles. The van der Waals surface area contributed by atoms with Gasteiger partial charge in [0.1, 0.15) is 11.5 Å². The Kier molecular flexibility index (Phi) is 10.3. The molecule has 1 rings (SSSR count). The van der Waals surface area contributed by atoms with E-state index >= 15 is 0 Å². The van der Waals surface area contributed by atoms with Crippen LogP contribution in [0.3, 0.4) is 0 Å². The lowest BCUT2D eigenvalue weighted by molar-refractivity contribution is -0.0504. The molecule has 0 saturated heterocycles. The Labute approximate surface area is 153 Å². The molecule has 0 amide bonds. The lowest BCUT2D eigenvalue weighted by Crippen LogP contribution is -2.41.